The molecule has 0 saturated heterocycles. The summed E-state index contributed by atoms with van der Waals surface area (Å²) in [6, 6.07) is 8.19. The van der Waals surface area contributed by atoms with Crippen molar-refractivity contribution in [1.29, 1.82) is 0 Å². The maximum atomic E-state index is 11.5. The lowest BCUT2D eigenvalue weighted by atomic mass is 9.98. The number of carbonyl (C=O) groups is 2. The fourth-order valence-corrected chi connectivity index (χ4v) is 6.22. The van der Waals surface area contributed by atoms with Crippen molar-refractivity contribution in [3.63, 3.8) is 0 Å². The average Bonchev–Trinajstić information content (AvgIpc) is 3.59. The van der Waals surface area contributed by atoms with E-state index in [0.29, 0.717) is 24.2 Å². The van der Waals surface area contributed by atoms with Crippen LogP contribution in [0.2, 0.25) is 0 Å². The van der Waals surface area contributed by atoms with Crippen molar-refractivity contribution in [3.05, 3.63) is 69.3 Å². The highest BCUT2D eigenvalue weighted by Gasteiger charge is 2.22. The highest BCUT2D eigenvalue weighted by Crippen LogP contribution is 2.38. The summed E-state index contributed by atoms with van der Waals surface area (Å²) in [7, 11) is 0. The third kappa shape index (κ3) is 5.29. The number of hydrogen-bond donors (Lipinski definition) is 4. The van der Waals surface area contributed by atoms with E-state index in [1.54, 1.807) is 0 Å². The Morgan fingerprint density at radius 2 is 1.02 bits per heavy atom. The van der Waals surface area contributed by atoms with Gasteiger partial charge in [0, 0.05) is 34.9 Å². The fourth-order valence-electron chi connectivity index (χ4n) is 6.22. The Morgan fingerprint density at radius 1 is 0.619 bits per heavy atom. The maximum absolute atomic E-state index is 11.5. The number of hydrogen-bond acceptors (Lipinski definition) is 4. The van der Waals surface area contributed by atoms with E-state index in [0.717, 1.165) is 79.7 Å². The SMILES string of the molecule is CCc1c(C)c2cc3nc(cc4nc(cc5[nH]c(cc1[nH]2)c(CC)c5C)C(C)=C4CCC(=O)O)C(CCC(=O)O)=C3C. The predicted molar refractivity (Wildman–Crippen MR) is 168 cm³/mol. The third-order valence-corrected chi connectivity index (χ3v) is 8.69. The summed E-state index contributed by atoms with van der Waals surface area (Å²) >= 11 is 0. The van der Waals surface area contributed by atoms with Crippen LogP contribution in [0, 0.1) is 13.8 Å². The van der Waals surface area contributed by atoms with Crippen LogP contribution in [0.25, 0.3) is 44.4 Å². The van der Waals surface area contributed by atoms with E-state index in [-0.39, 0.29) is 12.8 Å². The van der Waals surface area contributed by atoms with Crippen molar-refractivity contribution in [2.24, 2.45) is 0 Å². The van der Waals surface area contributed by atoms with Gasteiger partial charge < -0.3 is 20.2 Å². The molecule has 3 aromatic heterocycles. The van der Waals surface area contributed by atoms with Crippen molar-refractivity contribution < 1.29 is 19.8 Å². The van der Waals surface area contributed by atoms with Gasteiger partial charge in [-0.2, -0.15) is 0 Å². The summed E-state index contributed by atoms with van der Waals surface area (Å²) in [6.07, 6.45) is 2.39. The summed E-state index contributed by atoms with van der Waals surface area (Å²) in [5.41, 5.74) is 15.4. The molecule has 0 radical (unpaired) electrons. The molecule has 8 nitrogen and oxygen atoms in total. The van der Waals surface area contributed by atoms with E-state index >= 15 is 0 Å². The van der Waals surface area contributed by atoms with E-state index in [9.17, 15) is 19.8 Å². The Morgan fingerprint density at radius 3 is 1.38 bits per heavy atom. The van der Waals surface area contributed by atoms with Crippen LogP contribution in [0.4, 0.5) is 0 Å². The monoisotopic (exact) mass is 566 g/mol. The maximum Gasteiger partial charge on any atom is 0.303 e. The number of fused-ring (bicyclic) bond motifs is 8. The van der Waals surface area contributed by atoms with Gasteiger partial charge in [-0.1, -0.05) is 13.8 Å². The van der Waals surface area contributed by atoms with E-state index in [2.05, 4.69) is 55.9 Å². The first-order valence-electron chi connectivity index (χ1n) is 14.6. The molecule has 0 atom stereocenters. The second-order valence-electron chi connectivity index (χ2n) is 11.2. The van der Waals surface area contributed by atoms with Gasteiger partial charge in [0.15, 0.2) is 0 Å². The number of allylic oxidation sites excluding steroid dienone is 4. The van der Waals surface area contributed by atoms with Gasteiger partial charge in [-0.25, -0.2) is 9.97 Å². The van der Waals surface area contributed by atoms with Crippen LogP contribution in [0.5, 0.6) is 0 Å². The Bertz CT molecular complexity index is 1720. The average molecular weight is 567 g/mol. The highest BCUT2D eigenvalue weighted by atomic mass is 16.4. The van der Waals surface area contributed by atoms with Crippen LogP contribution >= 0.6 is 0 Å². The minimum atomic E-state index is -0.869. The van der Waals surface area contributed by atoms with E-state index in [1.165, 1.54) is 11.1 Å². The van der Waals surface area contributed by atoms with Crippen LogP contribution in [-0.4, -0.2) is 42.1 Å². The third-order valence-electron chi connectivity index (χ3n) is 8.69. The number of aromatic nitrogens is 4. The molecular weight excluding hydrogens is 528 g/mol. The minimum absolute atomic E-state index is 0.0141. The number of carboxylic acids is 2. The highest BCUT2D eigenvalue weighted by molar-refractivity contribution is 5.96. The molecule has 4 N–H and O–H groups in total. The molecule has 0 aromatic carbocycles. The van der Waals surface area contributed by atoms with E-state index in [4.69, 9.17) is 9.97 Å². The Hall–Kier alpha value is -4.46. The summed E-state index contributed by atoms with van der Waals surface area (Å²) < 4.78 is 0. The van der Waals surface area contributed by atoms with Gasteiger partial charge >= 0.3 is 11.9 Å². The molecule has 42 heavy (non-hydrogen) atoms. The number of aromatic amines is 2. The fraction of sp³-hybridized carbons (Fsp3) is 0.353. The zero-order chi connectivity index (χ0) is 30.3. The molecule has 5 heterocycles. The second kappa shape index (κ2) is 11.4. The summed E-state index contributed by atoms with van der Waals surface area (Å²) in [6.45, 7) is 12.5. The predicted octanol–water partition coefficient (Wildman–Crippen LogP) is 7.65. The molecule has 8 bridgehead atoms. The zero-order valence-corrected chi connectivity index (χ0v) is 25.2. The number of H-pyrrole nitrogens is 2. The van der Waals surface area contributed by atoms with Crippen molar-refractivity contribution in [2.75, 3.05) is 0 Å². The topological polar surface area (TPSA) is 132 Å². The molecule has 8 heteroatoms. The standard InChI is InChI=1S/C34H38N4O4/c1-7-21-17(3)25-13-27-19(5)23(9-11-33(39)40)31(37-27)16-32-24(10-12-34(41)42)20(6)28(38-32)14-26-18(4)22(8-2)30(36-26)15-29(21)35-25/h13-16,35-36H,7-12H2,1-6H3,(H,39,40)(H,41,42). The van der Waals surface area contributed by atoms with Gasteiger partial charge in [0.1, 0.15) is 0 Å². The van der Waals surface area contributed by atoms with Gasteiger partial charge in [0.2, 0.25) is 0 Å². The van der Waals surface area contributed by atoms with Gasteiger partial charge in [-0.15, -0.1) is 0 Å². The smallest absolute Gasteiger partial charge is 0.303 e. The number of aryl methyl sites for hydroxylation is 4. The zero-order valence-electron chi connectivity index (χ0n) is 25.2. The van der Waals surface area contributed by atoms with E-state index in [1.807, 2.05) is 19.9 Å². The number of rotatable bonds is 8. The van der Waals surface area contributed by atoms with Crippen molar-refractivity contribution >= 4 is 56.3 Å². The molecule has 0 saturated carbocycles. The molecule has 0 amide bonds. The first-order valence-corrected chi connectivity index (χ1v) is 14.6. The molecule has 2 aliphatic heterocycles. The van der Waals surface area contributed by atoms with Crippen LogP contribution < -0.4 is 0 Å². The van der Waals surface area contributed by atoms with Crippen LogP contribution in [0.15, 0.2) is 24.3 Å². The molecule has 0 fully saturated rings. The second-order valence-corrected chi connectivity index (χ2v) is 11.2. The van der Waals surface area contributed by atoms with Gasteiger partial charge in [0.05, 0.1) is 22.8 Å². The normalized spacial score (nSPS) is 13.3. The summed E-state index contributed by atoms with van der Waals surface area (Å²) in [5, 5.41) is 18.9. The van der Waals surface area contributed by atoms with Crippen molar-refractivity contribution in [2.45, 2.75) is 80.1 Å². The number of carboxylic acid groups (broad SMARTS) is 2. The van der Waals surface area contributed by atoms with Gasteiger partial charge in [-0.3, -0.25) is 9.59 Å². The Labute approximate surface area is 245 Å². The first kappa shape index (κ1) is 29.0. The number of nitrogens with one attached hydrogen (secondary N) is 2. The van der Waals surface area contributed by atoms with Crippen LogP contribution in [0.1, 0.15) is 98.4 Å². The lowest BCUT2D eigenvalue weighted by molar-refractivity contribution is -0.137. The quantitative estimate of drug-likeness (QED) is 0.221. The first-order chi connectivity index (χ1) is 20.0. The van der Waals surface area contributed by atoms with Gasteiger partial charge in [0.25, 0.3) is 0 Å². The van der Waals surface area contributed by atoms with Crippen molar-refractivity contribution in [1.82, 2.24) is 19.9 Å². The van der Waals surface area contributed by atoms with Crippen molar-refractivity contribution in [3.8, 4) is 0 Å². The Kier molecular flexibility index (Phi) is 7.91. The largest absolute Gasteiger partial charge is 0.481 e. The molecule has 218 valence electrons. The number of nitrogens with zero attached hydrogens (tertiary/aromatic N) is 2. The van der Waals surface area contributed by atoms with Crippen LogP contribution in [0.3, 0.4) is 0 Å². The lowest BCUT2D eigenvalue weighted by Gasteiger charge is -2.05. The molecular formula is C34H38N4O4. The summed E-state index contributed by atoms with van der Waals surface area (Å²) in [5.74, 6) is -1.74. The lowest BCUT2D eigenvalue weighted by Crippen LogP contribution is -1.97. The molecule has 0 spiro atoms. The molecule has 3 aromatic rings. The van der Waals surface area contributed by atoms with Gasteiger partial charge in [-0.05, 0) is 122 Å². The van der Waals surface area contributed by atoms with E-state index < -0.39 is 11.9 Å². The Balaban J connectivity index is 1.92. The molecule has 0 aliphatic carbocycles. The molecule has 0 unspecified atom stereocenters. The van der Waals surface area contributed by atoms with Crippen LogP contribution in [-0.2, 0) is 22.4 Å². The summed E-state index contributed by atoms with van der Waals surface area (Å²) in [4.78, 5) is 40.3. The number of aliphatic carboxylic acids is 2. The molecule has 5 rings (SSSR count). The molecule has 2 aliphatic rings. The minimum Gasteiger partial charge on any atom is -0.481 e.